The first-order valence-electron chi connectivity index (χ1n) is 12.5. The lowest BCUT2D eigenvalue weighted by atomic mass is 9.88. The fraction of sp³-hybridized carbons (Fsp3) is 0.680. The van der Waals surface area contributed by atoms with Gasteiger partial charge in [0.2, 0.25) is 0 Å². The van der Waals surface area contributed by atoms with Gasteiger partial charge in [0.1, 0.15) is 0 Å². The normalized spacial score (nSPS) is 23.6. The summed E-state index contributed by atoms with van der Waals surface area (Å²) in [6.45, 7) is 7.54. The number of alkyl carbamates (subject to hydrolysis) is 1. The molecular weight excluding hydrogens is 472 g/mol. The standard InChI is InChI=1S/C25H39ClN4O5/c1-17(2)35-22-9-10-27-15-21(22)29-24(31)30-12-5-7-19(16-30)23(18-6-4-8-20(26)14-18)34-13-11-28-25(32)33-3/h4,6,8,14,17,19,21-23,27H,5,7,9-13,15-16H2,1-3H3,(H,28,32)(H,29,31). The summed E-state index contributed by atoms with van der Waals surface area (Å²) in [7, 11) is 1.33. The van der Waals surface area contributed by atoms with Crippen LogP contribution in [0, 0.1) is 5.92 Å². The number of halogens is 1. The lowest BCUT2D eigenvalue weighted by Gasteiger charge is -2.39. The van der Waals surface area contributed by atoms with Gasteiger partial charge in [0.15, 0.2) is 0 Å². The van der Waals surface area contributed by atoms with E-state index in [1.807, 2.05) is 43.0 Å². The van der Waals surface area contributed by atoms with Crippen LogP contribution in [0.3, 0.4) is 0 Å². The molecule has 0 bridgehead atoms. The number of piperidine rings is 2. The first-order valence-corrected chi connectivity index (χ1v) is 12.9. The molecule has 196 valence electrons. The highest BCUT2D eigenvalue weighted by Crippen LogP contribution is 2.34. The Kier molecular flexibility index (Phi) is 10.9. The number of hydrogen-bond acceptors (Lipinski definition) is 6. The maximum atomic E-state index is 13.2. The Morgan fingerprint density at radius 2 is 2.11 bits per heavy atom. The van der Waals surface area contributed by atoms with Crippen molar-refractivity contribution in [3.63, 3.8) is 0 Å². The van der Waals surface area contributed by atoms with Crippen molar-refractivity contribution in [3.8, 4) is 0 Å². The maximum absolute atomic E-state index is 13.2. The van der Waals surface area contributed by atoms with Crippen LogP contribution in [-0.4, -0.2) is 81.7 Å². The minimum Gasteiger partial charge on any atom is -0.453 e. The molecule has 3 N–H and O–H groups in total. The Hall–Kier alpha value is -2.07. The van der Waals surface area contributed by atoms with Crippen molar-refractivity contribution in [2.45, 2.75) is 57.5 Å². The second-order valence-corrected chi connectivity index (χ2v) is 9.82. The molecule has 0 radical (unpaired) electrons. The molecule has 2 saturated heterocycles. The molecule has 35 heavy (non-hydrogen) atoms. The molecule has 1 aromatic rings. The third-order valence-corrected chi connectivity index (χ3v) is 6.61. The number of rotatable bonds is 9. The van der Waals surface area contributed by atoms with E-state index in [1.165, 1.54) is 7.11 Å². The van der Waals surface area contributed by atoms with Crippen molar-refractivity contribution < 1.29 is 23.8 Å². The van der Waals surface area contributed by atoms with E-state index in [0.29, 0.717) is 37.8 Å². The number of amides is 3. The molecule has 2 fully saturated rings. The van der Waals surface area contributed by atoms with Crippen LogP contribution in [0.1, 0.15) is 44.8 Å². The molecule has 9 nitrogen and oxygen atoms in total. The molecule has 2 heterocycles. The largest absolute Gasteiger partial charge is 0.453 e. The Balaban J connectivity index is 1.64. The van der Waals surface area contributed by atoms with Crippen LogP contribution in [-0.2, 0) is 14.2 Å². The van der Waals surface area contributed by atoms with Crippen molar-refractivity contribution in [2.24, 2.45) is 5.92 Å². The zero-order valence-electron chi connectivity index (χ0n) is 20.9. The van der Waals surface area contributed by atoms with Gasteiger partial charge in [-0.15, -0.1) is 0 Å². The summed E-state index contributed by atoms with van der Waals surface area (Å²) in [5.74, 6) is 0.0956. The van der Waals surface area contributed by atoms with Gasteiger partial charge in [0.25, 0.3) is 0 Å². The van der Waals surface area contributed by atoms with Crippen molar-refractivity contribution in [3.05, 3.63) is 34.9 Å². The number of methoxy groups -OCH3 is 1. The molecule has 2 aliphatic rings. The highest BCUT2D eigenvalue weighted by atomic mass is 35.5. The molecular formula is C25H39ClN4O5. The van der Waals surface area contributed by atoms with E-state index in [-0.39, 0.29) is 36.3 Å². The summed E-state index contributed by atoms with van der Waals surface area (Å²) in [4.78, 5) is 26.5. The molecule has 4 atom stereocenters. The van der Waals surface area contributed by atoms with Gasteiger partial charge in [-0.1, -0.05) is 23.7 Å². The lowest BCUT2D eigenvalue weighted by molar-refractivity contribution is -0.0269. The molecule has 0 spiro atoms. The van der Waals surface area contributed by atoms with Crippen LogP contribution in [0.25, 0.3) is 0 Å². The molecule has 1 aromatic carbocycles. The second kappa shape index (κ2) is 13.9. The Labute approximate surface area is 213 Å². The number of likely N-dealkylation sites (tertiary alicyclic amines) is 1. The number of carbonyl (C=O) groups is 2. The highest BCUT2D eigenvalue weighted by Gasteiger charge is 2.34. The number of nitrogens with one attached hydrogen (secondary N) is 3. The van der Waals surface area contributed by atoms with Gasteiger partial charge in [-0.2, -0.15) is 0 Å². The highest BCUT2D eigenvalue weighted by molar-refractivity contribution is 6.30. The van der Waals surface area contributed by atoms with Gasteiger partial charge in [0, 0.05) is 37.1 Å². The van der Waals surface area contributed by atoms with Gasteiger partial charge in [-0.25, -0.2) is 9.59 Å². The summed E-state index contributed by atoms with van der Waals surface area (Å²) in [6.07, 6.45) is 2.05. The fourth-order valence-corrected chi connectivity index (χ4v) is 4.98. The first-order chi connectivity index (χ1) is 16.9. The summed E-state index contributed by atoms with van der Waals surface area (Å²) in [5.41, 5.74) is 0.963. The minimum atomic E-state index is -0.495. The maximum Gasteiger partial charge on any atom is 0.406 e. The van der Waals surface area contributed by atoms with Crippen molar-refractivity contribution in [1.82, 2.24) is 20.9 Å². The smallest absolute Gasteiger partial charge is 0.406 e. The van der Waals surface area contributed by atoms with E-state index in [4.69, 9.17) is 21.1 Å². The van der Waals surface area contributed by atoms with E-state index in [1.54, 1.807) is 0 Å². The second-order valence-electron chi connectivity index (χ2n) is 9.39. The van der Waals surface area contributed by atoms with Crippen LogP contribution in [0.2, 0.25) is 5.02 Å². The lowest BCUT2D eigenvalue weighted by Crippen LogP contribution is -2.58. The van der Waals surface area contributed by atoms with E-state index >= 15 is 0 Å². The summed E-state index contributed by atoms with van der Waals surface area (Å²) in [6, 6.07) is 7.49. The molecule has 0 aromatic heterocycles. The molecule has 2 aliphatic heterocycles. The third kappa shape index (κ3) is 8.52. The Bertz CT molecular complexity index is 827. The van der Waals surface area contributed by atoms with Crippen molar-refractivity contribution in [2.75, 3.05) is 46.4 Å². The minimum absolute atomic E-state index is 0.00522. The van der Waals surface area contributed by atoms with E-state index in [0.717, 1.165) is 31.4 Å². The van der Waals surface area contributed by atoms with E-state index in [2.05, 4.69) is 20.7 Å². The SMILES string of the molecule is COC(=O)NCCOC(c1cccc(Cl)c1)C1CCCN(C(=O)NC2CNCCC2OC(C)C)C1. The summed E-state index contributed by atoms with van der Waals surface area (Å²) >= 11 is 6.27. The van der Waals surface area contributed by atoms with Crippen LogP contribution in [0.5, 0.6) is 0 Å². The monoisotopic (exact) mass is 510 g/mol. The topological polar surface area (TPSA) is 101 Å². The molecule has 4 unspecified atom stereocenters. The predicted octanol–water partition coefficient (Wildman–Crippen LogP) is 3.33. The van der Waals surface area contributed by atoms with Gasteiger partial charge in [-0.05, 0) is 57.4 Å². The average Bonchev–Trinajstić information content (AvgIpc) is 2.84. The molecule has 0 aliphatic carbocycles. The van der Waals surface area contributed by atoms with E-state index < -0.39 is 6.09 Å². The number of hydrogen-bond donors (Lipinski definition) is 3. The Morgan fingerprint density at radius 1 is 1.29 bits per heavy atom. The molecule has 0 saturated carbocycles. The number of ether oxygens (including phenoxy) is 3. The third-order valence-electron chi connectivity index (χ3n) is 6.38. The van der Waals surface area contributed by atoms with Crippen LogP contribution in [0.4, 0.5) is 9.59 Å². The quantitative estimate of drug-likeness (QED) is 0.440. The number of nitrogens with zero attached hydrogens (tertiary/aromatic N) is 1. The number of carbonyl (C=O) groups excluding carboxylic acids is 2. The summed E-state index contributed by atoms with van der Waals surface area (Å²) in [5, 5.41) is 9.83. The van der Waals surface area contributed by atoms with E-state index in [9.17, 15) is 9.59 Å². The number of benzene rings is 1. The molecule has 10 heteroatoms. The molecule has 3 amide bonds. The van der Waals surface area contributed by atoms with Gasteiger partial charge in [0.05, 0.1) is 38.1 Å². The zero-order chi connectivity index (χ0) is 25.2. The van der Waals surface area contributed by atoms with Gasteiger partial charge < -0.3 is 35.1 Å². The summed E-state index contributed by atoms with van der Waals surface area (Å²) < 4.78 is 16.9. The average molecular weight is 511 g/mol. The van der Waals surface area contributed by atoms with Crippen molar-refractivity contribution >= 4 is 23.7 Å². The number of urea groups is 1. The predicted molar refractivity (Wildman–Crippen MR) is 135 cm³/mol. The van der Waals surface area contributed by atoms with Gasteiger partial charge in [-0.3, -0.25) is 0 Å². The van der Waals surface area contributed by atoms with Crippen LogP contribution in [0.15, 0.2) is 24.3 Å². The van der Waals surface area contributed by atoms with Crippen molar-refractivity contribution in [1.29, 1.82) is 0 Å². The Morgan fingerprint density at radius 3 is 2.86 bits per heavy atom. The first kappa shape index (κ1) is 27.5. The fourth-order valence-electron chi connectivity index (χ4n) is 4.78. The van der Waals surface area contributed by atoms with Crippen LogP contribution >= 0.6 is 11.6 Å². The van der Waals surface area contributed by atoms with Gasteiger partial charge >= 0.3 is 12.1 Å². The van der Waals surface area contributed by atoms with Crippen LogP contribution < -0.4 is 16.0 Å². The molecule has 3 rings (SSSR count). The zero-order valence-corrected chi connectivity index (χ0v) is 21.7.